The van der Waals surface area contributed by atoms with Gasteiger partial charge >= 0.3 is 0 Å². The molecule has 2 aromatic carbocycles. The van der Waals surface area contributed by atoms with E-state index < -0.39 is 10.0 Å². The molecule has 1 aromatic heterocycles. The Hall–Kier alpha value is -3.50. The lowest BCUT2D eigenvalue weighted by molar-refractivity contribution is 0.101. The molecule has 0 spiro atoms. The summed E-state index contributed by atoms with van der Waals surface area (Å²) >= 11 is 0. The zero-order valence-corrected chi connectivity index (χ0v) is 18.8. The molecule has 3 heterocycles. The number of ether oxygens (including phenoxy) is 2. The average Bonchev–Trinajstić information content (AvgIpc) is 3.32. The van der Waals surface area contributed by atoms with Gasteiger partial charge in [-0.1, -0.05) is 12.1 Å². The number of aromatic nitrogens is 2. The molecule has 2 aliphatic rings. The molecular formula is C23H22N4O5S. The minimum atomic E-state index is -3.62. The first-order valence-corrected chi connectivity index (χ1v) is 12.0. The van der Waals surface area contributed by atoms with Crippen molar-refractivity contribution in [2.24, 2.45) is 0 Å². The van der Waals surface area contributed by atoms with Crippen molar-refractivity contribution in [2.75, 3.05) is 37.9 Å². The number of hydrogen-bond donors (Lipinski definition) is 0. The molecule has 0 unspecified atom stereocenters. The summed E-state index contributed by atoms with van der Waals surface area (Å²) in [5.74, 6) is 2.00. The first kappa shape index (κ1) is 21.4. The summed E-state index contributed by atoms with van der Waals surface area (Å²) in [5, 5.41) is 8.69. The molecule has 2 aliphatic heterocycles. The van der Waals surface area contributed by atoms with Crippen molar-refractivity contribution in [1.29, 1.82) is 0 Å². The number of benzene rings is 2. The standard InChI is InChI=1S/C23H22N4O5S/c1-16(28)17-2-5-19(6-3-17)33(29,30)27-12-10-26(11-13-27)23-9-7-20(24-25-23)18-4-8-21-22(14-18)32-15-31-21/h2-9,14H,10-13,15H2,1H3. The molecule has 0 radical (unpaired) electrons. The molecule has 5 rings (SSSR count). The first-order chi connectivity index (χ1) is 15.9. The van der Waals surface area contributed by atoms with Crippen molar-refractivity contribution in [3.8, 4) is 22.8 Å². The summed E-state index contributed by atoms with van der Waals surface area (Å²) in [6, 6.07) is 15.5. The van der Waals surface area contributed by atoms with Crippen LogP contribution in [0.25, 0.3) is 11.3 Å². The molecule has 33 heavy (non-hydrogen) atoms. The van der Waals surface area contributed by atoms with Gasteiger partial charge in [0.25, 0.3) is 0 Å². The quantitative estimate of drug-likeness (QED) is 0.529. The fourth-order valence-corrected chi connectivity index (χ4v) is 5.29. The van der Waals surface area contributed by atoms with E-state index in [2.05, 4.69) is 10.2 Å². The number of hydrogen-bond acceptors (Lipinski definition) is 8. The Balaban J connectivity index is 1.25. The Kier molecular flexibility index (Phi) is 5.47. The Morgan fingerprint density at radius 3 is 2.27 bits per heavy atom. The Bertz CT molecular complexity index is 1290. The lowest BCUT2D eigenvalue weighted by atomic mass is 10.1. The molecule has 170 valence electrons. The summed E-state index contributed by atoms with van der Waals surface area (Å²) in [4.78, 5) is 13.6. The number of Topliss-reactive ketones (excluding diaryl/α,β-unsaturated/α-hetero) is 1. The summed E-state index contributed by atoms with van der Waals surface area (Å²) < 4.78 is 38.2. The van der Waals surface area contributed by atoms with Crippen molar-refractivity contribution in [3.05, 3.63) is 60.2 Å². The van der Waals surface area contributed by atoms with Crippen molar-refractivity contribution in [3.63, 3.8) is 0 Å². The summed E-state index contributed by atoms with van der Waals surface area (Å²) in [5.41, 5.74) is 2.08. The number of piperazine rings is 1. The van der Waals surface area contributed by atoms with E-state index in [4.69, 9.17) is 9.47 Å². The molecule has 0 aliphatic carbocycles. The lowest BCUT2D eigenvalue weighted by Gasteiger charge is -2.34. The fourth-order valence-electron chi connectivity index (χ4n) is 3.87. The minimum Gasteiger partial charge on any atom is -0.454 e. The van der Waals surface area contributed by atoms with E-state index in [0.717, 1.165) is 5.56 Å². The Morgan fingerprint density at radius 1 is 0.879 bits per heavy atom. The second-order valence-electron chi connectivity index (χ2n) is 7.82. The van der Waals surface area contributed by atoms with Gasteiger partial charge in [0, 0.05) is 37.3 Å². The SMILES string of the molecule is CC(=O)c1ccc(S(=O)(=O)N2CCN(c3ccc(-c4ccc5c(c4)OCO5)nn3)CC2)cc1. The highest BCUT2D eigenvalue weighted by molar-refractivity contribution is 7.89. The molecule has 0 atom stereocenters. The molecular weight excluding hydrogens is 444 g/mol. The van der Waals surface area contributed by atoms with Gasteiger partial charge in [0.15, 0.2) is 23.1 Å². The predicted octanol–water partition coefficient (Wildman–Crippen LogP) is 2.59. The van der Waals surface area contributed by atoms with E-state index in [1.807, 2.05) is 35.2 Å². The number of fused-ring (bicyclic) bond motifs is 1. The molecule has 10 heteroatoms. The zero-order valence-electron chi connectivity index (χ0n) is 18.0. The summed E-state index contributed by atoms with van der Waals surface area (Å²) in [6.45, 7) is 3.35. The van der Waals surface area contributed by atoms with Crippen LogP contribution in [0.4, 0.5) is 5.82 Å². The normalized spacial score (nSPS) is 16.1. The Morgan fingerprint density at radius 2 is 1.61 bits per heavy atom. The maximum atomic E-state index is 13.0. The van der Waals surface area contributed by atoms with Crippen LogP contribution >= 0.6 is 0 Å². The predicted molar refractivity (Wildman–Crippen MR) is 121 cm³/mol. The summed E-state index contributed by atoms with van der Waals surface area (Å²) in [6.07, 6.45) is 0. The molecule has 0 amide bonds. The number of ketones is 1. The van der Waals surface area contributed by atoms with Crippen LogP contribution in [-0.4, -0.2) is 61.7 Å². The van der Waals surface area contributed by atoms with Gasteiger partial charge in [0.05, 0.1) is 10.6 Å². The van der Waals surface area contributed by atoms with Crippen LogP contribution in [-0.2, 0) is 10.0 Å². The van der Waals surface area contributed by atoms with Crippen LogP contribution in [0.2, 0.25) is 0 Å². The molecule has 0 N–H and O–H groups in total. The monoisotopic (exact) mass is 466 g/mol. The minimum absolute atomic E-state index is 0.0989. The van der Waals surface area contributed by atoms with Crippen molar-refractivity contribution in [1.82, 2.24) is 14.5 Å². The first-order valence-electron chi connectivity index (χ1n) is 10.5. The van der Waals surface area contributed by atoms with Gasteiger partial charge in [-0.2, -0.15) is 4.31 Å². The molecule has 0 bridgehead atoms. The van der Waals surface area contributed by atoms with E-state index in [1.54, 1.807) is 12.1 Å². The van der Waals surface area contributed by atoms with E-state index >= 15 is 0 Å². The molecule has 1 fully saturated rings. The average molecular weight is 467 g/mol. The van der Waals surface area contributed by atoms with Crippen LogP contribution in [0.3, 0.4) is 0 Å². The van der Waals surface area contributed by atoms with E-state index in [-0.39, 0.29) is 17.5 Å². The van der Waals surface area contributed by atoms with Crippen LogP contribution in [0, 0.1) is 0 Å². The van der Waals surface area contributed by atoms with Gasteiger partial charge in [0.1, 0.15) is 0 Å². The van der Waals surface area contributed by atoms with Crippen molar-refractivity contribution >= 4 is 21.6 Å². The number of sulfonamides is 1. The zero-order chi connectivity index (χ0) is 23.0. The van der Waals surface area contributed by atoms with Crippen LogP contribution < -0.4 is 14.4 Å². The smallest absolute Gasteiger partial charge is 0.243 e. The number of nitrogens with zero attached hydrogens (tertiary/aromatic N) is 4. The summed E-state index contributed by atoms with van der Waals surface area (Å²) in [7, 11) is -3.62. The Labute approximate surface area is 191 Å². The van der Waals surface area contributed by atoms with Gasteiger partial charge in [-0.15, -0.1) is 10.2 Å². The van der Waals surface area contributed by atoms with Crippen molar-refractivity contribution in [2.45, 2.75) is 11.8 Å². The van der Waals surface area contributed by atoms with Gasteiger partial charge in [0.2, 0.25) is 16.8 Å². The van der Waals surface area contributed by atoms with Gasteiger partial charge in [-0.3, -0.25) is 4.79 Å². The van der Waals surface area contributed by atoms with Crippen LogP contribution in [0.1, 0.15) is 17.3 Å². The van der Waals surface area contributed by atoms with Crippen molar-refractivity contribution < 1.29 is 22.7 Å². The van der Waals surface area contributed by atoms with Gasteiger partial charge in [-0.05, 0) is 49.4 Å². The highest BCUT2D eigenvalue weighted by atomic mass is 32.2. The second-order valence-corrected chi connectivity index (χ2v) is 9.75. The van der Waals surface area contributed by atoms with E-state index in [1.165, 1.54) is 23.4 Å². The number of rotatable bonds is 5. The fraction of sp³-hybridized carbons (Fsp3) is 0.261. The van der Waals surface area contributed by atoms with Gasteiger partial charge in [-0.25, -0.2) is 8.42 Å². The topological polar surface area (TPSA) is 102 Å². The third-order valence-corrected chi connectivity index (χ3v) is 7.69. The molecule has 9 nitrogen and oxygen atoms in total. The van der Waals surface area contributed by atoms with Gasteiger partial charge < -0.3 is 14.4 Å². The van der Waals surface area contributed by atoms with E-state index in [0.29, 0.717) is 54.8 Å². The largest absolute Gasteiger partial charge is 0.454 e. The molecule has 0 saturated carbocycles. The second kappa shape index (κ2) is 8.45. The third kappa shape index (κ3) is 4.14. The highest BCUT2D eigenvalue weighted by Crippen LogP contribution is 2.35. The van der Waals surface area contributed by atoms with Crippen LogP contribution in [0.15, 0.2) is 59.5 Å². The molecule has 1 saturated heterocycles. The number of anilines is 1. The number of carbonyl (C=O) groups excluding carboxylic acids is 1. The number of carbonyl (C=O) groups is 1. The van der Waals surface area contributed by atoms with Crippen LogP contribution in [0.5, 0.6) is 11.5 Å². The highest BCUT2D eigenvalue weighted by Gasteiger charge is 2.29. The van der Waals surface area contributed by atoms with E-state index in [9.17, 15) is 13.2 Å². The molecule has 3 aromatic rings. The lowest BCUT2D eigenvalue weighted by Crippen LogP contribution is -2.49. The maximum absolute atomic E-state index is 13.0. The maximum Gasteiger partial charge on any atom is 0.243 e. The third-order valence-electron chi connectivity index (χ3n) is 5.78.